The maximum atomic E-state index is 12.1. The van der Waals surface area contributed by atoms with E-state index in [0.717, 1.165) is 32.9 Å². The molecule has 0 unspecified atom stereocenters. The third-order valence-corrected chi connectivity index (χ3v) is 5.90. The minimum Gasteiger partial charge on any atom is -1.00 e. The van der Waals surface area contributed by atoms with Crippen molar-refractivity contribution < 1.29 is 36.0 Å². The number of nitrogens with one attached hydrogen (secondary N) is 2. The number of pyridine rings is 1. The third kappa shape index (κ3) is 6.33. The number of halogens is 1. The Hall–Kier alpha value is -4.30. The van der Waals surface area contributed by atoms with Gasteiger partial charge in [-0.2, -0.15) is 4.57 Å². The van der Waals surface area contributed by atoms with Crippen LogP contribution in [0, 0.1) is 0 Å². The van der Waals surface area contributed by atoms with E-state index >= 15 is 0 Å². The van der Waals surface area contributed by atoms with Crippen LogP contribution >= 0.6 is 0 Å². The van der Waals surface area contributed by atoms with Gasteiger partial charge < -0.3 is 27.6 Å². The summed E-state index contributed by atoms with van der Waals surface area (Å²) >= 11 is 0. The average Bonchev–Trinajstić information content (AvgIpc) is 2.88. The third-order valence-electron chi connectivity index (χ3n) is 5.90. The van der Waals surface area contributed by atoms with Crippen LogP contribution in [0.5, 0.6) is 0 Å². The predicted molar refractivity (Wildman–Crippen MR) is 148 cm³/mol. The number of ether oxygens (including phenoxy) is 2. The van der Waals surface area contributed by atoms with Gasteiger partial charge in [-0.1, -0.05) is 18.2 Å². The molecule has 2 amide bonds. The van der Waals surface area contributed by atoms with Crippen molar-refractivity contribution in [3.63, 3.8) is 0 Å². The number of fused-ring (bicyclic) bond motifs is 3. The van der Waals surface area contributed by atoms with Crippen LogP contribution in [0.4, 0.5) is 26.7 Å². The van der Waals surface area contributed by atoms with Crippen molar-refractivity contribution in [2.45, 2.75) is 27.3 Å². The number of amides is 2. The molecule has 4 aromatic rings. The van der Waals surface area contributed by atoms with E-state index in [9.17, 15) is 9.59 Å². The first-order valence-electron chi connectivity index (χ1n) is 12.3. The molecule has 0 saturated heterocycles. The molecule has 9 heteroatoms. The summed E-state index contributed by atoms with van der Waals surface area (Å²) in [6.07, 6.45) is 3.08. The van der Waals surface area contributed by atoms with E-state index in [1.165, 1.54) is 0 Å². The van der Waals surface area contributed by atoms with E-state index in [4.69, 9.17) is 15.2 Å². The van der Waals surface area contributed by atoms with Crippen molar-refractivity contribution in [2.75, 3.05) is 29.6 Å². The minimum absolute atomic E-state index is 0. The maximum absolute atomic E-state index is 12.1. The highest BCUT2D eigenvalue weighted by Crippen LogP contribution is 2.31. The minimum atomic E-state index is -0.500. The SMILES string of the molecule is CCOC(=O)Nc1ccc2c(c1)c(/C=C/c1ccc(N)cc1)[n+](CC)c1cc(NC(=O)OCC)ccc21.[Cl-]. The molecule has 0 fully saturated rings. The lowest BCUT2D eigenvalue weighted by Gasteiger charge is -2.12. The molecule has 4 N–H and O–H groups in total. The summed E-state index contributed by atoms with van der Waals surface area (Å²) in [6.45, 7) is 6.85. The zero-order valence-electron chi connectivity index (χ0n) is 21.6. The Morgan fingerprint density at radius 2 is 1.37 bits per heavy atom. The van der Waals surface area contributed by atoms with Gasteiger partial charge in [0, 0.05) is 28.9 Å². The molecule has 198 valence electrons. The van der Waals surface area contributed by atoms with Gasteiger partial charge in [0.1, 0.15) is 6.54 Å². The summed E-state index contributed by atoms with van der Waals surface area (Å²) in [5, 5.41) is 8.57. The van der Waals surface area contributed by atoms with Gasteiger partial charge in [0.2, 0.25) is 11.2 Å². The van der Waals surface area contributed by atoms with Crippen LogP contribution in [0.3, 0.4) is 0 Å². The van der Waals surface area contributed by atoms with Gasteiger partial charge in [-0.05, 0) is 68.8 Å². The number of aromatic nitrogens is 1. The Morgan fingerprint density at radius 1 is 0.789 bits per heavy atom. The molecular formula is C29H31ClN4O4. The van der Waals surface area contributed by atoms with Crippen molar-refractivity contribution >= 4 is 63.1 Å². The molecule has 1 heterocycles. The molecule has 3 aromatic carbocycles. The van der Waals surface area contributed by atoms with Gasteiger partial charge in [-0.25, -0.2) is 9.59 Å². The number of carbonyl (C=O) groups is 2. The highest BCUT2D eigenvalue weighted by molar-refractivity contribution is 6.09. The lowest BCUT2D eigenvalue weighted by Crippen LogP contribution is -3.00. The largest absolute Gasteiger partial charge is 1.00 e. The quantitative estimate of drug-likeness (QED) is 0.192. The molecular weight excluding hydrogens is 504 g/mol. The van der Waals surface area contributed by atoms with Crippen molar-refractivity contribution in [3.8, 4) is 0 Å². The molecule has 0 bridgehead atoms. The summed E-state index contributed by atoms with van der Waals surface area (Å²) in [5.41, 5.74) is 10.7. The highest BCUT2D eigenvalue weighted by atomic mass is 35.5. The zero-order chi connectivity index (χ0) is 26.4. The number of hydrogen-bond donors (Lipinski definition) is 3. The molecule has 0 saturated carbocycles. The first kappa shape index (κ1) is 28.3. The van der Waals surface area contributed by atoms with Crippen LogP contribution in [0.25, 0.3) is 33.8 Å². The second kappa shape index (κ2) is 12.8. The van der Waals surface area contributed by atoms with Crippen molar-refractivity contribution in [1.29, 1.82) is 0 Å². The summed E-state index contributed by atoms with van der Waals surface area (Å²) < 4.78 is 12.3. The second-order valence-electron chi connectivity index (χ2n) is 8.31. The van der Waals surface area contributed by atoms with Crippen LogP contribution in [0.15, 0.2) is 60.7 Å². The number of carbonyl (C=O) groups excluding carboxylic acids is 2. The fourth-order valence-electron chi connectivity index (χ4n) is 4.28. The normalized spacial score (nSPS) is 10.8. The molecule has 1 aromatic heterocycles. The molecule has 8 nitrogen and oxygen atoms in total. The lowest BCUT2D eigenvalue weighted by atomic mass is 10.0. The number of benzene rings is 3. The van der Waals surface area contributed by atoms with Gasteiger partial charge in [-0.15, -0.1) is 0 Å². The summed E-state index contributed by atoms with van der Waals surface area (Å²) in [4.78, 5) is 24.1. The van der Waals surface area contributed by atoms with E-state index in [2.05, 4.69) is 28.2 Å². The van der Waals surface area contributed by atoms with E-state index in [1.807, 2.05) is 66.7 Å². The Balaban J connectivity index is 0.00000400. The number of nitrogens with zero attached hydrogens (tertiary/aromatic N) is 1. The van der Waals surface area contributed by atoms with Crippen molar-refractivity contribution in [2.24, 2.45) is 0 Å². The zero-order valence-corrected chi connectivity index (χ0v) is 22.3. The van der Waals surface area contributed by atoms with Gasteiger partial charge >= 0.3 is 12.2 Å². The summed E-state index contributed by atoms with van der Waals surface area (Å²) in [5.74, 6) is 0. The highest BCUT2D eigenvalue weighted by Gasteiger charge is 2.21. The summed E-state index contributed by atoms with van der Waals surface area (Å²) in [6, 6.07) is 19.2. The van der Waals surface area contributed by atoms with Crippen molar-refractivity contribution in [1.82, 2.24) is 0 Å². The number of anilines is 3. The van der Waals surface area contributed by atoms with Crippen LogP contribution in [0.1, 0.15) is 32.0 Å². The molecule has 0 aliphatic rings. The Bertz CT molecular complexity index is 1490. The van der Waals surface area contributed by atoms with Gasteiger partial charge in [0.15, 0.2) is 0 Å². The molecule has 0 spiro atoms. The standard InChI is InChI=1S/C29H30N4O4.ClH/c1-4-33-26(16-9-19-7-10-20(30)11-8-19)25-17-21(31-28(34)36-5-2)12-14-23(25)24-15-13-22(18-27(24)33)32-29(35)37-6-3;/h7-18H,4-6H2,1-3H3,(H3,30,31,32,34,35);1H. The van der Waals surface area contributed by atoms with Crippen LogP contribution in [0.2, 0.25) is 0 Å². The smallest absolute Gasteiger partial charge is 0.411 e. The molecule has 4 rings (SSSR count). The van der Waals surface area contributed by atoms with Crippen LogP contribution in [-0.4, -0.2) is 25.4 Å². The number of nitrogens with two attached hydrogens (primary N) is 1. The Kier molecular flexibility index (Phi) is 9.51. The second-order valence-corrected chi connectivity index (χ2v) is 8.31. The topological polar surface area (TPSA) is 107 Å². The number of hydrogen-bond acceptors (Lipinski definition) is 5. The molecule has 0 atom stereocenters. The number of aryl methyl sites for hydroxylation is 1. The average molecular weight is 535 g/mol. The maximum Gasteiger partial charge on any atom is 0.411 e. The van der Waals surface area contributed by atoms with Gasteiger partial charge in [0.05, 0.1) is 29.7 Å². The fourth-order valence-corrected chi connectivity index (χ4v) is 4.28. The first-order valence-corrected chi connectivity index (χ1v) is 12.3. The summed E-state index contributed by atoms with van der Waals surface area (Å²) in [7, 11) is 0. The van der Waals surface area contributed by atoms with Gasteiger partial charge in [0.25, 0.3) is 0 Å². The van der Waals surface area contributed by atoms with E-state index in [0.29, 0.717) is 30.2 Å². The van der Waals surface area contributed by atoms with Crippen molar-refractivity contribution in [3.05, 3.63) is 71.9 Å². The van der Waals surface area contributed by atoms with Crippen LogP contribution < -0.4 is 33.3 Å². The molecule has 0 aliphatic carbocycles. The predicted octanol–water partition coefficient (Wildman–Crippen LogP) is 3.19. The van der Waals surface area contributed by atoms with E-state index in [1.54, 1.807) is 13.8 Å². The molecule has 0 radical (unpaired) electrons. The lowest BCUT2D eigenvalue weighted by molar-refractivity contribution is -0.668. The number of rotatable bonds is 7. The van der Waals surface area contributed by atoms with E-state index in [-0.39, 0.29) is 19.0 Å². The monoisotopic (exact) mass is 534 g/mol. The first-order chi connectivity index (χ1) is 17.9. The Labute approximate surface area is 227 Å². The van der Waals surface area contributed by atoms with E-state index < -0.39 is 12.2 Å². The van der Waals surface area contributed by atoms with Gasteiger partial charge in [-0.3, -0.25) is 10.6 Å². The fraction of sp³-hybridized carbons (Fsp3) is 0.207. The molecule has 38 heavy (non-hydrogen) atoms. The molecule has 0 aliphatic heterocycles. The number of nitrogen functional groups attached to an aromatic ring is 1. The Morgan fingerprint density at radius 3 is 1.95 bits per heavy atom. The van der Waals surface area contributed by atoms with Crippen LogP contribution in [-0.2, 0) is 16.0 Å².